The smallest absolute Gasteiger partial charge is 0.224 e. The monoisotopic (exact) mass is 256 g/mol. The summed E-state index contributed by atoms with van der Waals surface area (Å²) in [5.74, 6) is 2.70. The highest BCUT2D eigenvalue weighted by Gasteiger charge is 2.23. The van der Waals surface area contributed by atoms with Gasteiger partial charge in [0.05, 0.1) is 6.20 Å². The van der Waals surface area contributed by atoms with Gasteiger partial charge in [-0.15, -0.1) is 0 Å². The Balaban J connectivity index is 2.19. The van der Waals surface area contributed by atoms with Crippen LogP contribution >= 0.6 is 11.8 Å². The van der Waals surface area contributed by atoms with Crippen LogP contribution in [0.25, 0.3) is 0 Å². The molecular weight excluding hydrogens is 239 g/mol. The molecule has 1 aliphatic rings. The number of rotatable bonds is 4. The molecule has 1 aromatic heterocycles. The maximum atomic E-state index is 13.7. The molecule has 0 spiro atoms. The summed E-state index contributed by atoms with van der Waals surface area (Å²) in [6.07, 6.45) is 2.32. The zero-order valence-electron chi connectivity index (χ0n) is 10.1. The predicted molar refractivity (Wildman–Crippen MR) is 70.3 cm³/mol. The van der Waals surface area contributed by atoms with Crippen LogP contribution in [0.5, 0.6) is 0 Å². The van der Waals surface area contributed by atoms with Gasteiger partial charge in [-0.3, -0.25) is 0 Å². The third kappa shape index (κ3) is 2.80. The van der Waals surface area contributed by atoms with E-state index in [9.17, 15) is 4.39 Å². The van der Waals surface area contributed by atoms with E-state index in [-0.39, 0.29) is 5.82 Å². The number of anilines is 2. The number of nitrogens with one attached hydrogen (secondary N) is 1. The molecule has 17 heavy (non-hydrogen) atoms. The Labute approximate surface area is 105 Å². The predicted octanol–water partition coefficient (Wildman–Crippen LogP) is 1.99. The average molecular weight is 256 g/mol. The summed E-state index contributed by atoms with van der Waals surface area (Å²) in [7, 11) is 1.90. The summed E-state index contributed by atoms with van der Waals surface area (Å²) in [5.41, 5.74) is 0. The fraction of sp³-hybridized carbons (Fsp3) is 0.636. The molecule has 0 saturated carbocycles. The minimum atomic E-state index is -0.356. The fourth-order valence-electron chi connectivity index (χ4n) is 1.85. The van der Waals surface area contributed by atoms with Crippen LogP contribution in [0.1, 0.15) is 13.3 Å². The SMILES string of the molecule is CCNc1ncc(F)c(N(C)C2CCSC2)n1. The van der Waals surface area contributed by atoms with E-state index in [2.05, 4.69) is 15.3 Å². The largest absolute Gasteiger partial charge is 0.354 e. The zero-order chi connectivity index (χ0) is 12.3. The highest BCUT2D eigenvalue weighted by Crippen LogP contribution is 2.26. The maximum Gasteiger partial charge on any atom is 0.224 e. The van der Waals surface area contributed by atoms with Crippen molar-refractivity contribution in [1.82, 2.24) is 9.97 Å². The van der Waals surface area contributed by atoms with Crippen LogP contribution in [-0.2, 0) is 0 Å². The Morgan fingerprint density at radius 3 is 3.12 bits per heavy atom. The highest BCUT2D eigenvalue weighted by atomic mass is 32.2. The Hall–Kier alpha value is -1.04. The first-order valence-corrected chi connectivity index (χ1v) is 6.94. The molecule has 0 amide bonds. The minimum Gasteiger partial charge on any atom is -0.354 e. The molecule has 1 unspecified atom stereocenters. The molecule has 2 rings (SSSR count). The summed E-state index contributed by atoms with van der Waals surface area (Å²) in [4.78, 5) is 10.1. The molecule has 0 aliphatic carbocycles. The molecule has 1 N–H and O–H groups in total. The summed E-state index contributed by atoms with van der Waals surface area (Å²) in [5, 5.41) is 3.00. The van der Waals surface area contributed by atoms with Gasteiger partial charge < -0.3 is 10.2 Å². The van der Waals surface area contributed by atoms with Crippen molar-refractivity contribution >= 4 is 23.5 Å². The van der Waals surface area contributed by atoms with Crippen LogP contribution in [0.2, 0.25) is 0 Å². The molecule has 1 fully saturated rings. The molecule has 0 radical (unpaired) electrons. The van der Waals surface area contributed by atoms with Gasteiger partial charge in [0.2, 0.25) is 5.95 Å². The van der Waals surface area contributed by atoms with Crippen molar-refractivity contribution in [2.45, 2.75) is 19.4 Å². The lowest BCUT2D eigenvalue weighted by Crippen LogP contribution is -2.33. The summed E-state index contributed by atoms with van der Waals surface area (Å²) >= 11 is 1.90. The third-order valence-corrected chi connectivity index (χ3v) is 3.99. The van der Waals surface area contributed by atoms with Gasteiger partial charge in [-0.25, -0.2) is 9.37 Å². The number of halogens is 1. The quantitative estimate of drug-likeness (QED) is 0.892. The zero-order valence-corrected chi connectivity index (χ0v) is 10.9. The molecule has 6 heteroatoms. The number of hydrogen-bond donors (Lipinski definition) is 1. The van der Waals surface area contributed by atoms with Gasteiger partial charge >= 0.3 is 0 Å². The second-order valence-electron chi connectivity index (χ2n) is 4.02. The van der Waals surface area contributed by atoms with Crippen LogP contribution in [0.15, 0.2) is 6.20 Å². The van der Waals surface area contributed by atoms with E-state index in [1.54, 1.807) is 0 Å². The summed E-state index contributed by atoms with van der Waals surface area (Å²) in [6.45, 7) is 2.69. The van der Waals surface area contributed by atoms with Gasteiger partial charge in [0.25, 0.3) is 0 Å². The lowest BCUT2D eigenvalue weighted by molar-refractivity contribution is 0.592. The topological polar surface area (TPSA) is 41.1 Å². The van der Waals surface area contributed by atoms with E-state index in [0.29, 0.717) is 17.8 Å². The second kappa shape index (κ2) is 5.53. The second-order valence-corrected chi connectivity index (χ2v) is 5.17. The van der Waals surface area contributed by atoms with Crippen molar-refractivity contribution < 1.29 is 4.39 Å². The van der Waals surface area contributed by atoms with E-state index in [0.717, 1.165) is 24.5 Å². The van der Waals surface area contributed by atoms with Crippen LogP contribution < -0.4 is 10.2 Å². The molecule has 1 aliphatic heterocycles. The van der Waals surface area contributed by atoms with Crippen LogP contribution in [0, 0.1) is 5.82 Å². The highest BCUT2D eigenvalue weighted by molar-refractivity contribution is 7.99. The van der Waals surface area contributed by atoms with Crippen molar-refractivity contribution in [3.63, 3.8) is 0 Å². The third-order valence-electron chi connectivity index (χ3n) is 2.85. The van der Waals surface area contributed by atoms with Gasteiger partial charge in [0, 0.05) is 25.4 Å². The van der Waals surface area contributed by atoms with Gasteiger partial charge in [0.15, 0.2) is 11.6 Å². The van der Waals surface area contributed by atoms with E-state index < -0.39 is 0 Å². The minimum absolute atomic E-state index is 0.356. The van der Waals surface area contributed by atoms with Crippen molar-refractivity contribution in [2.75, 3.05) is 35.3 Å². The van der Waals surface area contributed by atoms with Crippen LogP contribution in [0.4, 0.5) is 16.2 Å². The molecule has 94 valence electrons. The molecule has 0 aromatic carbocycles. The van der Waals surface area contributed by atoms with Crippen molar-refractivity contribution in [3.8, 4) is 0 Å². The van der Waals surface area contributed by atoms with Gasteiger partial charge in [-0.05, 0) is 19.1 Å². The number of hydrogen-bond acceptors (Lipinski definition) is 5. The Bertz CT molecular complexity index is 382. The van der Waals surface area contributed by atoms with Crippen molar-refractivity contribution in [1.29, 1.82) is 0 Å². The first kappa shape index (κ1) is 12.4. The van der Waals surface area contributed by atoms with Gasteiger partial charge in [-0.2, -0.15) is 16.7 Å². The molecule has 1 aromatic rings. The first-order chi connectivity index (χ1) is 8.22. The van der Waals surface area contributed by atoms with E-state index >= 15 is 0 Å². The Morgan fingerprint density at radius 2 is 2.47 bits per heavy atom. The van der Waals surface area contributed by atoms with Crippen LogP contribution in [0.3, 0.4) is 0 Å². The standard InChI is InChI=1S/C11H17FN4S/c1-3-13-11-14-6-9(12)10(15-11)16(2)8-4-5-17-7-8/h6,8H,3-5,7H2,1-2H3,(H,13,14,15). The Kier molecular flexibility index (Phi) is 4.04. The number of aromatic nitrogens is 2. The molecule has 4 nitrogen and oxygen atoms in total. The fourth-order valence-corrected chi connectivity index (χ4v) is 3.12. The summed E-state index contributed by atoms with van der Waals surface area (Å²) < 4.78 is 13.7. The maximum absolute atomic E-state index is 13.7. The summed E-state index contributed by atoms with van der Waals surface area (Å²) in [6, 6.07) is 0.374. The van der Waals surface area contributed by atoms with Crippen LogP contribution in [-0.4, -0.2) is 41.1 Å². The van der Waals surface area contributed by atoms with Gasteiger partial charge in [0.1, 0.15) is 0 Å². The van der Waals surface area contributed by atoms with E-state index in [1.165, 1.54) is 6.20 Å². The molecule has 2 heterocycles. The lowest BCUT2D eigenvalue weighted by Gasteiger charge is -2.25. The van der Waals surface area contributed by atoms with Gasteiger partial charge in [-0.1, -0.05) is 0 Å². The number of thioether (sulfide) groups is 1. The molecule has 1 saturated heterocycles. The average Bonchev–Trinajstić information content (AvgIpc) is 2.85. The lowest BCUT2D eigenvalue weighted by atomic mass is 10.2. The molecular formula is C11H17FN4S. The first-order valence-electron chi connectivity index (χ1n) is 5.79. The molecule has 1 atom stereocenters. The van der Waals surface area contributed by atoms with E-state index in [1.807, 2.05) is 30.6 Å². The molecule has 0 bridgehead atoms. The normalized spacial score (nSPS) is 19.4. The number of nitrogens with zero attached hydrogens (tertiary/aromatic N) is 3. The van der Waals surface area contributed by atoms with Crippen molar-refractivity contribution in [2.24, 2.45) is 0 Å². The van der Waals surface area contributed by atoms with E-state index in [4.69, 9.17) is 0 Å². The van der Waals surface area contributed by atoms with Crippen molar-refractivity contribution in [3.05, 3.63) is 12.0 Å². The Morgan fingerprint density at radius 1 is 1.65 bits per heavy atom.